The van der Waals surface area contributed by atoms with E-state index in [0.29, 0.717) is 6.04 Å². The van der Waals surface area contributed by atoms with Crippen LogP contribution in [0.4, 0.5) is 0 Å². The summed E-state index contributed by atoms with van der Waals surface area (Å²) >= 11 is 0. The zero-order valence-electron chi connectivity index (χ0n) is 8.22. The minimum Gasteiger partial charge on any atom is -0.310 e. The third-order valence-electron chi connectivity index (χ3n) is 1.50. The highest BCUT2D eigenvalue weighted by atomic mass is 14.9. The van der Waals surface area contributed by atoms with Crippen LogP contribution < -0.4 is 5.32 Å². The summed E-state index contributed by atoms with van der Waals surface area (Å²) in [5.74, 6) is 0. The summed E-state index contributed by atoms with van der Waals surface area (Å²) in [6.07, 6.45) is 1.75. The van der Waals surface area contributed by atoms with Crippen molar-refractivity contribution >= 4 is 6.72 Å². The van der Waals surface area contributed by atoms with E-state index in [1.807, 2.05) is 6.92 Å². The molecule has 0 unspecified atom stereocenters. The fraction of sp³-hybridized carbons (Fsp3) is 0.500. The molecule has 2 nitrogen and oxygen atoms in total. The van der Waals surface area contributed by atoms with Crippen molar-refractivity contribution in [1.29, 1.82) is 0 Å². The summed E-state index contributed by atoms with van der Waals surface area (Å²) in [7, 11) is 0. The molecule has 0 aliphatic rings. The van der Waals surface area contributed by atoms with Crippen LogP contribution in [0.2, 0.25) is 0 Å². The van der Waals surface area contributed by atoms with Crippen molar-refractivity contribution < 1.29 is 0 Å². The molecule has 0 saturated heterocycles. The Kier molecular flexibility index (Phi) is 5.30. The van der Waals surface area contributed by atoms with Crippen molar-refractivity contribution in [3.8, 4) is 0 Å². The number of nitrogens with zero attached hydrogens (tertiary/aromatic N) is 1. The van der Waals surface area contributed by atoms with Crippen LogP contribution in [0.3, 0.4) is 0 Å². The van der Waals surface area contributed by atoms with Gasteiger partial charge in [0.05, 0.1) is 0 Å². The molecule has 2 heteroatoms. The number of hydrogen-bond donors (Lipinski definition) is 1. The van der Waals surface area contributed by atoms with Crippen molar-refractivity contribution in [2.75, 3.05) is 6.54 Å². The zero-order valence-corrected chi connectivity index (χ0v) is 8.22. The lowest BCUT2D eigenvalue weighted by molar-refractivity contribution is 0.623. The Hall–Kier alpha value is -0.890. The molecule has 0 heterocycles. The van der Waals surface area contributed by atoms with Gasteiger partial charge >= 0.3 is 0 Å². The smallest absolute Gasteiger partial charge is 0.0308 e. The largest absolute Gasteiger partial charge is 0.310 e. The van der Waals surface area contributed by atoms with Gasteiger partial charge in [0.25, 0.3) is 0 Å². The predicted octanol–water partition coefficient (Wildman–Crippen LogP) is 2.15. The summed E-state index contributed by atoms with van der Waals surface area (Å²) < 4.78 is 0. The van der Waals surface area contributed by atoms with E-state index in [1.165, 1.54) is 0 Å². The molecule has 0 rings (SSSR count). The number of hydrogen-bond acceptors (Lipinski definition) is 2. The molecule has 12 heavy (non-hydrogen) atoms. The Morgan fingerprint density at radius 3 is 2.50 bits per heavy atom. The number of aliphatic imine (C=N–C) groups is 1. The van der Waals surface area contributed by atoms with Gasteiger partial charge in [0.2, 0.25) is 0 Å². The van der Waals surface area contributed by atoms with Gasteiger partial charge < -0.3 is 5.32 Å². The highest BCUT2D eigenvalue weighted by molar-refractivity contribution is 5.32. The Labute approximate surface area is 75.1 Å². The molecule has 0 aliphatic carbocycles. The van der Waals surface area contributed by atoms with E-state index < -0.39 is 0 Å². The van der Waals surface area contributed by atoms with Crippen molar-refractivity contribution in [3.05, 3.63) is 23.9 Å². The summed E-state index contributed by atoms with van der Waals surface area (Å²) in [5, 5.41) is 3.29. The van der Waals surface area contributed by atoms with Gasteiger partial charge in [-0.1, -0.05) is 26.0 Å². The van der Waals surface area contributed by atoms with Crippen LogP contribution in [0.5, 0.6) is 0 Å². The molecule has 1 N–H and O–H groups in total. The lowest BCUT2D eigenvalue weighted by atomic mass is 10.1. The molecule has 0 saturated carbocycles. The summed E-state index contributed by atoms with van der Waals surface area (Å²) in [5.41, 5.74) is 2.15. The normalized spacial score (nSPS) is 11.8. The first kappa shape index (κ1) is 11.1. The van der Waals surface area contributed by atoms with Gasteiger partial charge in [-0.25, -0.2) is 0 Å². The van der Waals surface area contributed by atoms with E-state index in [1.54, 1.807) is 6.20 Å². The lowest BCUT2D eigenvalue weighted by Crippen LogP contribution is -2.25. The van der Waals surface area contributed by atoms with Gasteiger partial charge in [0, 0.05) is 18.8 Å². The van der Waals surface area contributed by atoms with E-state index in [-0.39, 0.29) is 0 Å². The fourth-order valence-electron chi connectivity index (χ4n) is 0.731. The SMILES string of the molecule is C=N/C=C(/CNC(C)C)C(=C)C. The Balaban J connectivity index is 4.06. The van der Waals surface area contributed by atoms with Crippen molar-refractivity contribution in [2.24, 2.45) is 4.99 Å². The Bertz CT molecular complexity index is 190. The molecule has 0 bridgehead atoms. The molecule has 0 spiro atoms. The minimum atomic E-state index is 0.484. The molecule has 0 amide bonds. The number of nitrogens with one attached hydrogen (secondary N) is 1. The van der Waals surface area contributed by atoms with E-state index in [4.69, 9.17) is 0 Å². The minimum absolute atomic E-state index is 0.484. The van der Waals surface area contributed by atoms with Crippen LogP contribution in [0.25, 0.3) is 0 Å². The fourth-order valence-corrected chi connectivity index (χ4v) is 0.731. The molecule has 0 aromatic heterocycles. The van der Waals surface area contributed by atoms with Crippen LogP contribution in [0.15, 0.2) is 28.9 Å². The number of rotatable bonds is 5. The van der Waals surface area contributed by atoms with E-state index in [0.717, 1.165) is 17.7 Å². The quantitative estimate of drug-likeness (QED) is 0.491. The summed E-state index contributed by atoms with van der Waals surface area (Å²) in [6.45, 7) is 14.3. The van der Waals surface area contributed by atoms with Gasteiger partial charge in [-0.3, -0.25) is 4.99 Å². The third-order valence-corrected chi connectivity index (χ3v) is 1.50. The molecule has 68 valence electrons. The van der Waals surface area contributed by atoms with Crippen molar-refractivity contribution in [1.82, 2.24) is 5.32 Å². The molecule has 0 radical (unpaired) electrons. The average Bonchev–Trinajstić information content (AvgIpc) is 1.96. The van der Waals surface area contributed by atoms with Crippen molar-refractivity contribution in [2.45, 2.75) is 26.8 Å². The second kappa shape index (κ2) is 5.72. The maximum Gasteiger partial charge on any atom is 0.0308 e. The molecular formula is C10H18N2. The summed E-state index contributed by atoms with van der Waals surface area (Å²) in [6, 6.07) is 0.484. The average molecular weight is 166 g/mol. The van der Waals surface area contributed by atoms with Crippen LogP contribution in [0.1, 0.15) is 20.8 Å². The first-order chi connectivity index (χ1) is 5.57. The Morgan fingerprint density at radius 1 is 1.58 bits per heavy atom. The second-order valence-electron chi connectivity index (χ2n) is 3.15. The lowest BCUT2D eigenvalue weighted by Gasteiger charge is -2.10. The van der Waals surface area contributed by atoms with E-state index in [9.17, 15) is 0 Å². The molecule has 0 atom stereocenters. The molecule has 0 aromatic rings. The highest BCUT2D eigenvalue weighted by Crippen LogP contribution is 2.05. The van der Waals surface area contributed by atoms with Gasteiger partial charge in [-0.2, -0.15) is 0 Å². The van der Waals surface area contributed by atoms with Gasteiger partial charge in [-0.15, -0.1) is 0 Å². The predicted molar refractivity (Wildman–Crippen MR) is 55.6 cm³/mol. The van der Waals surface area contributed by atoms with Crippen molar-refractivity contribution in [3.63, 3.8) is 0 Å². The topological polar surface area (TPSA) is 24.4 Å². The standard InChI is InChI=1S/C10H18N2/c1-8(2)10(6-11-5)7-12-9(3)4/h6,9,12H,1,5,7H2,2-4H3/b10-6-. The second-order valence-corrected chi connectivity index (χ2v) is 3.15. The van der Waals surface area contributed by atoms with Gasteiger partial charge in [-0.05, 0) is 19.2 Å². The maximum atomic E-state index is 3.86. The highest BCUT2D eigenvalue weighted by Gasteiger charge is 1.98. The molecular weight excluding hydrogens is 148 g/mol. The first-order valence-corrected chi connectivity index (χ1v) is 4.12. The summed E-state index contributed by atoms with van der Waals surface area (Å²) in [4.78, 5) is 3.72. The van der Waals surface area contributed by atoms with Crippen LogP contribution in [0, 0.1) is 0 Å². The maximum absolute atomic E-state index is 3.86. The van der Waals surface area contributed by atoms with Gasteiger partial charge in [0.15, 0.2) is 0 Å². The Morgan fingerprint density at radius 2 is 2.17 bits per heavy atom. The monoisotopic (exact) mass is 166 g/mol. The molecule has 0 aliphatic heterocycles. The van der Waals surface area contributed by atoms with Crippen LogP contribution in [-0.4, -0.2) is 19.3 Å². The first-order valence-electron chi connectivity index (χ1n) is 4.12. The third kappa shape index (κ3) is 4.85. The van der Waals surface area contributed by atoms with Crippen LogP contribution >= 0.6 is 0 Å². The zero-order chi connectivity index (χ0) is 9.56. The molecule has 0 fully saturated rings. The molecule has 0 aromatic carbocycles. The van der Waals surface area contributed by atoms with E-state index in [2.05, 4.69) is 37.5 Å². The van der Waals surface area contributed by atoms with Crippen LogP contribution in [-0.2, 0) is 0 Å². The van der Waals surface area contributed by atoms with E-state index >= 15 is 0 Å². The van der Waals surface area contributed by atoms with Gasteiger partial charge in [0.1, 0.15) is 0 Å².